The van der Waals surface area contributed by atoms with E-state index in [0.717, 1.165) is 53.8 Å². The van der Waals surface area contributed by atoms with E-state index >= 15 is 0 Å². The number of imidazole rings is 1. The number of fused-ring (bicyclic) bond motifs is 2. The van der Waals surface area contributed by atoms with E-state index in [0.29, 0.717) is 30.6 Å². The molecule has 33 heavy (non-hydrogen) atoms. The Balaban J connectivity index is 1.33. The van der Waals surface area contributed by atoms with Crippen molar-refractivity contribution in [2.45, 2.75) is 18.9 Å². The molecule has 0 N–H and O–H groups in total. The highest BCUT2D eigenvalue weighted by atomic mass is 16.6. The molecule has 1 fully saturated rings. The van der Waals surface area contributed by atoms with Crippen molar-refractivity contribution in [2.24, 2.45) is 0 Å². The lowest BCUT2D eigenvalue weighted by Gasteiger charge is -2.33. The molecular weight excluding hydrogens is 416 g/mol. The number of hydrogen-bond donors (Lipinski definition) is 0. The van der Waals surface area contributed by atoms with Gasteiger partial charge in [0.25, 0.3) is 5.91 Å². The maximum absolute atomic E-state index is 13.7. The van der Waals surface area contributed by atoms with E-state index in [-0.39, 0.29) is 5.91 Å². The number of nitrogens with zero attached hydrogens (tertiary/aromatic N) is 4. The van der Waals surface area contributed by atoms with Crippen molar-refractivity contribution >= 4 is 16.8 Å². The summed E-state index contributed by atoms with van der Waals surface area (Å²) in [6, 6.07) is 16.0. The Morgan fingerprint density at radius 3 is 2.61 bits per heavy atom. The maximum Gasteiger partial charge on any atom is 0.254 e. The molecule has 1 saturated heterocycles. The summed E-state index contributed by atoms with van der Waals surface area (Å²) in [5.41, 5.74) is 3.15. The quantitative estimate of drug-likeness (QED) is 0.474. The first-order chi connectivity index (χ1) is 16.3. The van der Waals surface area contributed by atoms with Crippen LogP contribution in [0.2, 0.25) is 0 Å². The molecule has 0 saturated carbocycles. The predicted molar refractivity (Wildman–Crippen MR) is 125 cm³/mol. The molecule has 2 aromatic heterocycles. The molecule has 4 aromatic rings. The summed E-state index contributed by atoms with van der Waals surface area (Å²) >= 11 is 0. The highest BCUT2D eigenvalue weighted by molar-refractivity contribution is 6.07. The van der Waals surface area contributed by atoms with Crippen molar-refractivity contribution < 1.29 is 14.3 Å². The van der Waals surface area contributed by atoms with Crippen LogP contribution < -0.4 is 9.47 Å². The van der Waals surface area contributed by atoms with E-state index in [2.05, 4.69) is 9.55 Å². The number of carbonyl (C=O) groups excluding carboxylic acids is 1. The zero-order chi connectivity index (χ0) is 22.2. The van der Waals surface area contributed by atoms with Gasteiger partial charge in [0.05, 0.1) is 23.1 Å². The second-order valence-electron chi connectivity index (χ2n) is 8.46. The van der Waals surface area contributed by atoms with Gasteiger partial charge in [0.2, 0.25) is 0 Å². The van der Waals surface area contributed by atoms with Crippen LogP contribution in [0.15, 0.2) is 67.3 Å². The lowest BCUT2D eigenvalue weighted by molar-refractivity contribution is 0.0696. The van der Waals surface area contributed by atoms with Crippen LogP contribution in [0.3, 0.4) is 0 Å². The van der Waals surface area contributed by atoms with E-state index < -0.39 is 0 Å². The second kappa shape index (κ2) is 8.24. The monoisotopic (exact) mass is 440 g/mol. The predicted octanol–water partition coefficient (Wildman–Crippen LogP) is 4.35. The van der Waals surface area contributed by atoms with Crippen molar-refractivity contribution in [3.8, 4) is 22.8 Å². The average Bonchev–Trinajstić information content (AvgIpc) is 3.42. The molecule has 7 nitrogen and oxygen atoms in total. The molecule has 6 rings (SSSR count). The van der Waals surface area contributed by atoms with Gasteiger partial charge in [-0.25, -0.2) is 9.97 Å². The smallest absolute Gasteiger partial charge is 0.254 e. The molecule has 2 aromatic carbocycles. The van der Waals surface area contributed by atoms with E-state index in [9.17, 15) is 4.79 Å². The van der Waals surface area contributed by atoms with Crippen LogP contribution in [0.4, 0.5) is 0 Å². The second-order valence-corrected chi connectivity index (χ2v) is 8.46. The van der Waals surface area contributed by atoms with Gasteiger partial charge in [0.1, 0.15) is 13.2 Å². The molecule has 166 valence electrons. The number of hydrogen-bond acceptors (Lipinski definition) is 5. The first-order valence-corrected chi connectivity index (χ1v) is 11.3. The molecule has 2 aliphatic heterocycles. The van der Waals surface area contributed by atoms with Crippen molar-refractivity contribution in [1.82, 2.24) is 19.4 Å². The highest BCUT2D eigenvalue weighted by Crippen LogP contribution is 2.35. The number of likely N-dealkylation sites (tertiary alicyclic amines) is 1. The maximum atomic E-state index is 13.7. The Morgan fingerprint density at radius 2 is 1.79 bits per heavy atom. The van der Waals surface area contributed by atoms with E-state index in [1.807, 2.05) is 66.0 Å². The van der Waals surface area contributed by atoms with Gasteiger partial charge < -0.3 is 18.9 Å². The molecule has 0 unspecified atom stereocenters. The number of ether oxygens (including phenoxy) is 2. The van der Waals surface area contributed by atoms with Gasteiger partial charge in [-0.3, -0.25) is 4.79 Å². The fourth-order valence-electron chi connectivity index (χ4n) is 4.73. The number of para-hydroxylation sites is 1. The molecular formula is C26H24N4O3. The number of pyridine rings is 1. The topological polar surface area (TPSA) is 69.5 Å². The number of amides is 1. The lowest BCUT2D eigenvalue weighted by atomic mass is 10.0. The van der Waals surface area contributed by atoms with Crippen LogP contribution in [0, 0.1) is 0 Å². The third-order valence-electron chi connectivity index (χ3n) is 6.48. The molecule has 7 heteroatoms. The van der Waals surface area contributed by atoms with Gasteiger partial charge in [-0.2, -0.15) is 0 Å². The number of rotatable bonds is 3. The summed E-state index contributed by atoms with van der Waals surface area (Å²) in [6.45, 7) is 2.52. The fourth-order valence-corrected chi connectivity index (χ4v) is 4.73. The van der Waals surface area contributed by atoms with Crippen LogP contribution in [0.1, 0.15) is 29.2 Å². The minimum absolute atomic E-state index is 0.0523. The number of benzene rings is 2. The highest BCUT2D eigenvalue weighted by Gasteiger charge is 2.26. The lowest BCUT2D eigenvalue weighted by Crippen LogP contribution is -2.39. The molecule has 0 spiro atoms. The Morgan fingerprint density at radius 1 is 0.970 bits per heavy atom. The van der Waals surface area contributed by atoms with Gasteiger partial charge in [0, 0.05) is 42.5 Å². The van der Waals surface area contributed by atoms with Gasteiger partial charge in [-0.1, -0.05) is 18.2 Å². The van der Waals surface area contributed by atoms with Crippen LogP contribution in [-0.4, -0.2) is 51.6 Å². The van der Waals surface area contributed by atoms with Gasteiger partial charge >= 0.3 is 0 Å². The van der Waals surface area contributed by atoms with Crippen molar-refractivity contribution in [2.75, 3.05) is 26.3 Å². The summed E-state index contributed by atoms with van der Waals surface area (Å²) in [6.07, 6.45) is 7.50. The minimum Gasteiger partial charge on any atom is -0.486 e. The minimum atomic E-state index is 0.0523. The number of carbonyl (C=O) groups is 1. The van der Waals surface area contributed by atoms with Crippen LogP contribution in [-0.2, 0) is 0 Å². The molecule has 0 radical (unpaired) electrons. The summed E-state index contributed by atoms with van der Waals surface area (Å²) in [4.78, 5) is 24.6. The third kappa shape index (κ3) is 3.69. The van der Waals surface area contributed by atoms with Crippen molar-refractivity contribution in [1.29, 1.82) is 0 Å². The SMILES string of the molecule is O=C(c1cc(-c2ccc3c(c2)OCCO3)nc2ccccc12)N1CCC(n2ccnc2)CC1. The van der Waals surface area contributed by atoms with Crippen molar-refractivity contribution in [3.05, 3.63) is 72.8 Å². The van der Waals surface area contributed by atoms with Crippen LogP contribution in [0.25, 0.3) is 22.2 Å². The van der Waals surface area contributed by atoms with Crippen molar-refractivity contribution in [3.63, 3.8) is 0 Å². The van der Waals surface area contributed by atoms with E-state index in [1.54, 1.807) is 6.20 Å². The molecule has 1 amide bonds. The van der Waals surface area contributed by atoms with Gasteiger partial charge in [0.15, 0.2) is 11.5 Å². The van der Waals surface area contributed by atoms with E-state index in [4.69, 9.17) is 14.5 Å². The summed E-state index contributed by atoms with van der Waals surface area (Å²) < 4.78 is 13.5. The van der Waals surface area contributed by atoms with Gasteiger partial charge in [-0.15, -0.1) is 0 Å². The third-order valence-corrected chi connectivity index (χ3v) is 6.48. The zero-order valence-corrected chi connectivity index (χ0v) is 18.2. The molecule has 2 aliphatic rings. The molecule has 0 atom stereocenters. The molecule has 4 heterocycles. The Labute approximate surface area is 191 Å². The Bertz CT molecular complexity index is 1310. The summed E-state index contributed by atoms with van der Waals surface area (Å²) in [5.74, 6) is 1.50. The molecule has 0 bridgehead atoms. The fraction of sp³-hybridized carbons (Fsp3) is 0.269. The van der Waals surface area contributed by atoms with Gasteiger partial charge in [-0.05, 0) is 43.2 Å². The normalized spacial score (nSPS) is 16.2. The van der Waals surface area contributed by atoms with Crippen LogP contribution in [0.5, 0.6) is 11.5 Å². The Hall–Kier alpha value is -3.87. The van der Waals surface area contributed by atoms with Crippen LogP contribution >= 0.6 is 0 Å². The zero-order valence-electron chi connectivity index (χ0n) is 18.2. The largest absolute Gasteiger partial charge is 0.486 e. The summed E-state index contributed by atoms with van der Waals surface area (Å²) in [5, 5.41) is 0.875. The van der Waals surface area contributed by atoms with E-state index in [1.165, 1.54) is 0 Å². The average molecular weight is 441 g/mol. The number of piperidine rings is 1. The first kappa shape index (κ1) is 19.8. The standard InChI is InChI=1S/C26H24N4O3/c31-26(29-10-7-19(8-11-29)30-12-9-27-17-30)21-16-23(28-22-4-2-1-3-20(21)22)18-5-6-24-25(15-18)33-14-13-32-24/h1-6,9,12,15-17,19H,7-8,10-11,13-14H2. The summed E-state index contributed by atoms with van der Waals surface area (Å²) in [7, 11) is 0. The Kier molecular flexibility index (Phi) is 4.94. The molecule has 0 aliphatic carbocycles. The first-order valence-electron chi connectivity index (χ1n) is 11.3. The number of aromatic nitrogens is 3.